The van der Waals surface area contributed by atoms with Crippen LogP contribution in [0.5, 0.6) is 0 Å². The minimum Gasteiger partial charge on any atom is -0.611 e. The lowest BCUT2D eigenvalue weighted by atomic mass is 10.3. The molecule has 0 amide bonds. The second-order valence-corrected chi connectivity index (χ2v) is 6.64. The molecule has 1 rings (SSSR count). The Morgan fingerprint density at radius 1 is 1.47 bits per heavy atom. The first kappa shape index (κ1) is 12.6. The van der Waals surface area contributed by atoms with Crippen LogP contribution >= 0.6 is 11.6 Å². The van der Waals surface area contributed by atoms with E-state index in [4.69, 9.17) is 11.6 Å². The van der Waals surface area contributed by atoms with Gasteiger partial charge in [-0.15, -0.1) is 0 Å². The molecule has 0 saturated carbocycles. The van der Waals surface area contributed by atoms with Crippen molar-refractivity contribution in [2.45, 2.75) is 25.5 Å². The fourth-order valence-electron chi connectivity index (χ4n) is 0.848. The van der Waals surface area contributed by atoms with Crippen LogP contribution in [0.1, 0.15) is 26.5 Å². The van der Waals surface area contributed by atoms with Crippen LogP contribution in [0, 0.1) is 0 Å². The van der Waals surface area contributed by atoms with Crippen LogP contribution in [0.2, 0.25) is 5.02 Å². The van der Waals surface area contributed by atoms with Gasteiger partial charge in [0.15, 0.2) is 0 Å². The summed E-state index contributed by atoms with van der Waals surface area (Å²) in [7, 11) is 0. The van der Waals surface area contributed by atoms with Crippen LogP contribution in [-0.4, -0.2) is 14.3 Å². The van der Waals surface area contributed by atoms with E-state index in [9.17, 15) is 4.55 Å². The molecule has 0 unspecified atom stereocenters. The maximum Gasteiger partial charge on any atom is 0.122 e. The Bertz CT molecular complexity index is 360. The maximum atomic E-state index is 11.7. The Balaban J connectivity index is 2.74. The van der Waals surface area contributed by atoms with Crippen molar-refractivity contribution < 1.29 is 4.55 Å². The molecule has 1 heterocycles. The Morgan fingerprint density at radius 2 is 2.13 bits per heavy atom. The molecule has 0 aliphatic heterocycles. The number of hydrogen-bond acceptors (Lipinski definition) is 2. The molecule has 0 aliphatic rings. The molecule has 0 saturated heterocycles. The molecule has 1 aromatic rings. The Hall–Kier alpha value is -0.510. The molecule has 15 heavy (non-hydrogen) atoms. The number of nitrogens with zero attached hydrogens (tertiary/aromatic N) is 1. The third kappa shape index (κ3) is 4.24. The zero-order chi connectivity index (χ0) is 11.5. The van der Waals surface area contributed by atoms with E-state index in [1.165, 1.54) is 0 Å². The molecule has 0 aromatic carbocycles. The van der Waals surface area contributed by atoms with E-state index in [1.54, 1.807) is 29.8 Å². The average molecular weight is 244 g/mol. The van der Waals surface area contributed by atoms with E-state index in [2.05, 4.69) is 4.98 Å². The Kier molecular flexibility index (Phi) is 4.20. The molecular weight excluding hydrogens is 230 g/mol. The van der Waals surface area contributed by atoms with E-state index in [0.717, 1.165) is 5.69 Å². The van der Waals surface area contributed by atoms with Gasteiger partial charge in [-0.25, -0.2) is 0 Å². The van der Waals surface area contributed by atoms with Gasteiger partial charge in [-0.2, -0.15) is 0 Å². The summed E-state index contributed by atoms with van der Waals surface area (Å²) in [4.78, 5) is 4.09. The van der Waals surface area contributed by atoms with E-state index >= 15 is 0 Å². The minimum absolute atomic E-state index is 0.241. The highest BCUT2D eigenvalue weighted by Crippen LogP contribution is 2.18. The SMILES string of the molecule is CC(C)(C)[S@@+]([O-])C=Cc1cc(Cl)ccn1. The fraction of sp³-hybridized carbons (Fsp3) is 0.364. The van der Waals surface area contributed by atoms with Gasteiger partial charge in [0.05, 0.1) is 5.69 Å². The molecule has 0 aliphatic carbocycles. The van der Waals surface area contributed by atoms with Crippen molar-refractivity contribution in [2.75, 3.05) is 0 Å². The topological polar surface area (TPSA) is 36.0 Å². The van der Waals surface area contributed by atoms with Crippen LogP contribution in [0.25, 0.3) is 6.08 Å². The average Bonchev–Trinajstić information content (AvgIpc) is 2.12. The second kappa shape index (κ2) is 5.01. The summed E-state index contributed by atoms with van der Waals surface area (Å²) in [5.41, 5.74) is 0.722. The smallest absolute Gasteiger partial charge is 0.122 e. The number of hydrogen-bond donors (Lipinski definition) is 0. The normalized spacial score (nSPS) is 14.5. The van der Waals surface area contributed by atoms with Crippen LogP contribution < -0.4 is 0 Å². The maximum absolute atomic E-state index is 11.7. The third-order valence-electron chi connectivity index (χ3n) is 1.71. The highest BCUT2D eigenvalue weighted by Gasteiger charge is 2.23. The molecule has 82 valence electrons. The van der Waals surface area contributed by atoms with Crippen LogP contribution in [0.3, 0.4) is 0 Å². The lowest BCUT2D eigenvalue weighted by molar-refractivity contribution is 0.569. The zero-order valence-electron chi connectivity index (χ0n) is 9.03. The van der Waals surface area contributed by atoms with E-state index in [1.807, 2.05) is 20.8 Å². The lowest BCUT2D eigenvalue weighted by Gasteiger charge is -2.20. The first-order chi connectivity index (χ1) is 6.89. The van der Waals surface area contributed by atoms with Gasteiger partial charge in [0.25, 0.3) is 0 Å². The van der Waals surface area contributed by atoms with Crippen molar-refractivity contribution in [1.82, 2.24) is 4.98 Å². The molecule has 0 radical (unpaired) electrons. The Morgan fingerprint density at radius 3 is 2.67 bits per heavy atom. The first-order valence-corrected chi connectivity index (χ1v) is 6.19. The second-order valence-electron chi connectivity index (χ2n) is 4.11. The lowest BCUT2D eigenvalue weighted by Crippen LogP contribution is -2.25. The van der Waals surface area contributed by atoms with Gasteiger partial charge in [0.2, 0.25) is 0 Å². The number of aromatic nitrogens is 1. The predicted molar refractivity (Wildman–Crippen MR) is 66.2 cm³/mol. The Labute approximate surface area is 98.5 Å². The van der Waals surface area contributed by atoms with Crippen molar-refractivity contribution in [2.24, 2.45) is 0 Å². The largest absolute Gasteiger partial charge is 0.611 e. The van der Waals surface area contributed by atoms with Gasteiger partial charge >= 0.3 is 0 Å². The molecule has 1 aromatic heterocycles. The number of pyridine rings is 1. The molecular formula is C11H14ClNOS. The van der Waals surface area contributed by atoms with E-state index in [0.29, 0.717) is 5.02 Å². The molecule has 2 nitrogen and oxygen atoms in total. The standard InChI is InChI=1S/C11H14ClNOS/c1-11(2,3)15(14)7-5-10-8-9(12)4-6-13-10/h4-8H,1-3H3/t15-/m0/s1. The third-order valence-corrected chi connectivity index (χ3v) is 3.53. The summed E-state index contributed by atoms with van der Waals surface area (Å²) in [6.07, 6.45) is 3.36. The summed E-state index contributed by atoms with van der Waals surface area (Å²) in [5.74, 6) is 0. The summed E-state index contributed by atoms with van der Waals surface area (Å²) in [6, 6.07) is 3.44. The minimum atomic E-state index is -1.01. The highest BCUT2D eigenvalue weighted by atomic mass is 35.5. The zero-order valence-corrected chi connectivity index (χ0v) is 10.6. The molecule has 1 atom stereocenters. The quantitative estimate of drug-likeness (QED) is 0.748. The van der Waals surface area contributed by atoms with Gasteiger partial charge in [0.1, 0.15) is 10.2 Å². The van der Waals surface area contributed by atoms with Crippen molar-refractivity contribution in [3.63, 3.8) is 0 Å². The molecule has 4 heteroatoms. The summed E-state index contributed by atoms with van der Waals surface area (Å²) in [6.45, 7) is 5.79. The molecule has 0 N–H and O–H groups in total. The van der Waals surface area contributed by atoms with Crippen molar-refractivity contribution in [3.8, 4) is 0 Å². The molecule has 0 fully saturated rings. The van der Waals surface area contributed by atoms with E-state index < -0.39 is 11.2 Å². The summed E-state index contributed by atoms with van der Waals surface area (Å²) >= 11 is 4.79. The predicted octanol–water partition coefficient (Wildman–Crippen LogP) is 3.25. The molecule has 0 bridgehead atoms. The first-order valence-electron chi connectivity index (χ1n) is 4.60. The monoisotopic (exact) mass is 243 g/mol. The van der Waals surface area contributed by atoms with Gasteiger partial charge in [0, 0.05) is 17.3 Å². The van der Waals surface area contributed by atoms with Gasteiger partial charge in [-0.1, -0.05) is 11.6 Å². The summed E-state index contributed by atoms with van der Waals surface area (Å²) < 4.78 is 11.4. The highest BCUT2D eigenvalue weighted by molar-refractivity contribution is 7.95. The number of rotatable bonds is 2. The van der Waals surface area contributed by atoms with Crippen molar-refractivity contribution in [1.29, 1.82) is 0 Å². The van der Waals surface area contributed by atoms with E-state index in [-0.39, 0.29) is 4.75 Å². The van der Waals surface area contributed by atoms with Gasteiger partial charge in [-0.05, 0) is 44.1 Å². The van der Waals surface area contributed by atoms with Crippen LogP contribution in [-0.2, 0) is 11.2 Å². The summed E-state index contributed by atoms with van der Waals surface area (Å²) in [5, 5.41) is 2.28. The van der Waals surface area contributed by atoms with Gasteiger partial charge in [-0.3, -0.25) is 4.98 Å². The van der Waals surface area contributed by atoms with Crippen molar-refractivity contribution in [3.05, 3.63) is 34.5 Å². The number of halogens is 1. The van der Waals surface area contributed by atoms with Crippen molar-refractivity contribution >= 4 is 28.9 Å². The van der Waals surface area contributed by atoms with Crippen LogP contribution in [0.15, 0.2) is 23.7 Å². The molecule has 0 spiro atoms. The fourth-order valence-corrected chi connectivity index (χ4v) is 1.69. The van der Waals surface area contributed by atoms with Crippen LogP contribution in [0.4, 0.5) is 0 Å². The van der Waals surface area contributed by atoms with Gasteiger partial charge < -0.3 is 4.55 Å².